The molecule has 0 aliphatic carbocycles. The first-order valence-corrected chi connectivity index (χ1v) is 8.81. The Labute approximate surface area is 153 Å². The molecule has 1 fully saturated rings. The number of amides is 1. The molecule has 0 saturated carbocycles. The summed E-state index contributed by atoms with van der Waals surface area (Å²) in [4.78, 5) is 24.7. The lowest BCUT2D eigenvalue weighted by molar-refractivity contribution is 0.0901. The van der Waals surface area contributed by atoms with Crippen LogP contribution < -0.4 is 4.90 Å². The van der Waals surface area contributed by atoms with Gasteiger partial charge >= 0.3 is 6.09 Å². The molecule has 0 atom stereocenters. The highest BCUT2D eigenvalue weighted by Gasteiger charge is 2.23. The van der Waals surface area contributed by atoms with Crippen LogP contribution in [0.1, 0.15) is 13.8 Å². The van der Waals surface area contributed by atoms with E-state index in [-0.39, 0.29) is 11.8 Å². The molecule has 0 unspecified atom stereocenters. The van der Waals surface area contributed by atoms with Crippen molar-refractivity contribution in [2.24, 2.45) is 5.92 Å². The highest BCUT2D eigenvalue weighted by molar-refractivity contribution is 5.69. The van der Waals surface area contributed by atoms with Crippen molar-refractivity contribution in [2.45, 2.75) is 13.8 Å². The van der Waals surface area contributed by atoms with E-state index < -0.39 is 0 Å². The molecule has 1 aromatic carbocycles. The molecule has 2 aromatic rings. The molecule has 2 heterocycles. The van der Waals surface area contributed by atoms with E-state index in [0.29, 0.717) is 50.0 Å². The van der Waals surface area contributed by atoms with Crippen molar-refractivity contribution in [3.63, 3.8) is 0 Å². The number of hydrogen-bond acceptors (Lipinski definition) is 6. The SMILES string of the molecule is CC(C)COC(=O)N1CCN(c2cncc(-c3ccccc3O)n2)CC1. The molecular formula is C19H24N4O3. The van der Waals surface area contributed by atoms with Gasteiger partial charge in [0.05, 0.1) is 24.7 Å². The Kier molecular flexibility index (Phi) is 5.55. The number of nitrogens with zero attached hydrogens (tertiary/aromatic N) is 4. The first-order valence-electron chi connectivity index (χ1n) is 8.81. The van der Waals surface area contributed by atoms with E-state index in [2.05, 4.69) is 14.9 Å². The average Bonchev–Trinajstić information content (AvgIpc) is 2.66. The maximum Gasteiger partial charge on any atom is 0.409 e. The van der Waals surface area contributed by atoms with E-state index in [9.17, 15) is 9.90 Å². The maximum absolute atomic E-state index is 12.1. The fourth-order valence-corrected chi connectivity index (χ4v) is 2.78. The van der Waals surface area contributed by atoms with E-state index in [1.54, 1.807) is 29.4 Å². The largest absolute Gasteiger partial charge is 0.507 e. The van der Waals surface area contributed by atoms with Crippen molar-refractivity contribution in [2.75, 3.05) is 37.7 Å². The number of rotatable bonds is 4. The van der Waals surface area contributed by atoms with Gasteiger partial charge in [0.1, 0.15) is 11.6 Å². The lowest BCUT2D eigenvalue weighted by Gasteiger charge is -2.34. The van der Waals surface area contributed by atoms with Gasteiger partial charge in [-0.15, -0.1) is 0 Å². The van der Waals surface area contributed by atoms with Crippen LogP contribution in [0.3, 0.4) is 0 Å². The van der Waals surface area contributed by atoms with Gasteiger partial charge in [0.25, 0.3) is 0 Å². The molecule has 3 rings (SSSR count). The number of carbonyl (C=O) groups excluding carboxylic acids is 1. The number of para-hydroxylation sites is 1. The number of carbonyl (C=O) groups is 1. The van der Waals surface area contributed by atoms with Crippen LogP contribution in [0.15, 0.2) is 36.7 Å². The number of phenols is 1. The minimum Gasteiger partial charge on any atom is -0.507 e. The number of anilines is 1. The second kappa shape index (κ2) is 8.03. The van der Waals surface area contributed by atoms with E-state index in [4.69, 9.17) is 4.74 Å². The Hall–Kier alpha value is -2.83. The van der Waals surface area contributed by atoms with Gasteiger partial charge in [-0.1, -0.05) is 26.0 Å². The van der Waals surface area contributed by atoms with Crippen molar-refractivity contribution in [3.8, 4) is 17.0 Å². The second-order valence-electron chi connectivity index (χ2n) is 6.72. The van der Waals surface area contributed by atoms with Crippen LogP contribution in [0.5, 0.6) is 5.75 Å². The van der Waals surface area contributed by atoms with E-state index in [1.165, 1.54) is 0 Å². The summed E-state index contributed by atoms with van der Waals surface area (Å²) in [5, 5.41) is 10.0. The van der Waals surface area contributed by atoms with Crippen LogP contribution in [0.2, 0.25) is 0 Å². The third-order valence-electron chi connectivity index (χ3n) is 4.20. The van der Waals surface area contributed by atoms with Gasteiger partial charge in [0, 0.05) is 31.7 Å². The number of aromatic nitrogens is 2. The average molecular weight is 356 g/mol. The summed E-state index contributed by atoms with van der Waals surface area (Å²) in [6.07, 6.45) is 3.08. The quantitative estimate of drug-likeness (QED) is 0.907. The fraction of sp³-hybridized carbons (Fsp3) is 0.421. The van der Waals surface area contributed by atoms with Crippen LogP contribution in [-0.4, -0.2) is 58.9 Å². The van der Waals surface area contributed by atoms with Crippen LogP contribution in [-0.2, 0) is 4.74 Å². The van der Waals surface area contributed by atoms with Crippen LogP contribution in [0.25, 0.3) is 11.3 Å². The van der Waals surface area contributed by atoms with E-state index >= 15 is 0 Å². The predicted molar refractivity (Wildman–Crippen MR) is 99.1 cm³/mol. The standard InChI is InChI=1S/C19H24N4O3/c1-14(2)13-26-19(25)23-9-7-22(8-10-23)18-12-20-11-16(21-18)15-5-3-4-6-17(15)24/h3-6,11-12,14,24H,7-10,13H2,1-2H3. The summed E-state index contributed by atoms with van der Waals surface area (Å²) in [5.74, 6) is 1.24. The zero-order chi connectivity index (χ0) is 18.5. The minimum absolute atomic E-state index is 0.177. The first-order chi connectivity index (χ1) is 12.5. The summed E-state index contributed by atoms with van der Waals surface area (Å²) in [7, 11) is 0. The Morgan fingerprint density at radius 1 is 1.19 bits per heavy atom. The van der Waals surface area contributed by atoms with Crippen molar-refractivity contribution in [1.82, 2.24) is 14.9 Å². The molecule has 7 nitrogen and oxygen atoms in total. The van der Waals surface area contributed by atoms with Gasteiger partial charge in [-0.05, 0) is 18.1 Å². The number of phenolic OH excluding ortho intramolecular Hbond substituents is 1. The molecule has 1 N–H and O–H groups in total. The lowest BCUT2D eigenvalue weighted by atomic mass is 10.1. The molecule has 1 saturated heterocycles. The molecule has 138 valence electrons. The van der Waals surface area contributed by atoms with E-state index in [0.717, 1.165) is 5.82 Å². The molecular weight excluding hydrogens is 332 g/mol. The number of ether oxygens (including phenoxy) is 1. The van der Waals surface area contributed by atoms with Crippen molar-refractivity contribution >= 4 is 11.9 Å². The topological polar surface area (TPSA) is 78.8 Å². The van der Waals surface area contributed by atoms with Crippen LogP contribution in [0.4, 0.5) is 10.6 Å². The Bertz CT molecular complexity index is 758. The highest BCUT2D eigenvalue weighted by atomic mass is 16.6. The molecule has 0 spiro atoms. The van der Waals surface area contributed by atoms with Crippen molar-refractivity contribution in [1.29, 1.82) is 0 Å². The van der Waals surface area contributed by atoms with Crippen molar-refractivity contribution < 1.29 is 14.6 Å². The number of benzene rings is 1. The monoisotopic (exact) mass is 356 g/mol. The summed E-state index contributed by atoms with van der Waals surface area (Å²) >= 11 is 0. The molecule has 0 bridgehead atoms. The van der Waals surface area contributed by atoms with Gasteiger partial charge in [-0.2, -0.15) is 0 Å². The lowest BCUT2D eigenvalue weighted by Crippen LogP contribution is -2.49. The van der Waals surface area contributed by atoms with Gasteiger partial charge in [-0.25, -0.2) is 9.78 Å². The predicted octanol–water partition coefficient (Wildman–Crippen LogP) is 2.76. The normalized spacial score (nSPS) is 14.6. The van der Waals surface area contributed by atoms with E-state index in [1.807, 2.05) is 26.0 Å². The molecule has 1 aliphatic rings. The van der Waals surface area contributed by atoms with Crippen molar-refractivity contribution in [3.05, 3.63) is 36.7 Å². The number of hydrogen-bond donors (Lipinski definition) is 1. The molecule has 0 radical (unpaired) electrons. The number of aromatic hydroxyl groups is 1. The maximum atomic E-state index is 12.1. The third-order valence-corrected chi connectivity index (χ3v) is 4.20. The van der Waals surface area contributed by atoms with Gasteiger partial charge in [-0.3, -0.25) is 4.98 Å². The minimum atomic E-state index is -0.257. The molecule has 1 amide bonds. The Morgan fingerprint density at radius 2 is 1.92 bits per heavy atom. The summed E-state index contributed by atoms with van der Waals surface area (Å²) < 4.78 is 5.29. The van der Waals surface area contributed by atoms with Crippen LogP contribution in [0, 0.1) is 5.92 Å². The summed E-state index contributed by atoms with van der Waals surface area (Å²) in [5.41, 5.74) is 1.28. The van der Waals surface area contributed by atoms with Gasteiger partial charge in [0.2, 0.25) is 0 Å². The molecule has 1 aliphatic heterocycles. The zero-order valence-corrected chi connectivity index (χ0v) is 15.1. The fourth-order valence-electron chi connectivity index (χ4n) is 2.78. The molecule has 26 heavy (non-hydrogen) atoms. The summed E-state index contributed by atoms with van der Waals surface area (Å²) in [6, 6.07) is 7.07. The third kappa shape index (κ3) is 4.22. The number of piperazine rings is 1. The van der Waals surface area contributed by atoms with Crippen LogP contribution >= 0.6 is 0 Å². The second-order valence-corrected chi connectivity index (χ2v) is 6.72. The smallest absolute Gasteiger partial charge is 0.409 e. The first kappa shape index (κ1) is 18.0. The zero-order valence-electron chi connectivity index (χ0n) is 15.1. The highest BCUT2D eigenvalue weighted by Crippen LogP contribution is 2.27. The molecule has 7 heteroatoms. The van der Waals surface area contributed by atoms with Gasteiger partial charge in [0.15, 0.2) is 0 Å². The summed E-state index contributed by atoms with van der Waals surface area (Å²) in [6.45, 7) is 6.96. The molecule has 1 aromatic heterocycles. The Balaban J connectivity index is 1.64. The Morgan fingerprint density at radius 3 is 2.62 bits per heavy atom. The van der Waals surface area contributed by atoms with Gasteiger partial charge < -0.3 is 19.6 Å².